The van der Waals surface area contributed by atoms with Crippen LogP contribution < -0.4 is 16.0 Å². The zero-order valence-corrected chi connectivity index (χ0v) is 11.2. The predicted octanol–water partition coefficient (Wildman–Crippen LogP) is -0.285. The third kappa shape index (κ3) is 7.26. The molecule has 1 saturated heterocycles. The Morgan fingerprint density at radius 1 is 1.33 bits per heavy atom. The zero-order chi connectivity index (χ0) is 12.5. The summed E-state index contributed by atoms with van der Waals surface area (Å²) in [5, 5.41) is 8.03. The van der Waals surface area contributed by atoms with Crippen molar-refractivity contribution in [3.8, 4) is 0 Å². The molecule has 0 radical (unpaired) electrons. The second-order valence-corrected chi connectivity index (χ2v) is 3.93. The average molecular weight is 277 g/mol. The van der Waals surface area contributed by atoms with Gasteiger partial charge in [-0.1, -0.05) is 6.08 Å². The van der Waals surface area contributed by atoms with E-state index >= 15 is 0 Å². The molecule has 3 amide bonds. The maximum absolute atomic E-state index is 11.5. The van der Waals surface area contributed by atoms with E-state index in [1.165, 1.54) is 0 Å². The number of nitrogens with zero attached hydrogens (tertiary/aromatic N) is 1. The van der Waals surface area contributed by atoms with Gasteiger partial charge in [0.15, 0.2) is 0 Å². The monoisotopic (exact) mass is 276 g/mol. The van der Waals surface area contributed by atoms with Crippen molar-refractivity contribution in [1.29, 1.82) is 0 Å². The minimum Gasteiger partial charge on any atom is -0.334 e. The molecule has 18 heavy (non-hydrogen) atoms. The maximum atomic E-state index is 11.5. The third-order valence-corrected chi connectivity index (χ3v) is 2.46. The fourth-order valence-corrected chi connectivity index (χ4v) is 1.64. The number of halogens is 1. The lowest BCUT2D eigenvalue weighted by Crippen LogP contribution is -2.45. The van der Waals surface area contributed by atoms with Crippen LogP contribution >= 0.6 is 12.4 Å². The van der Waals surface area contributed by atoms with Gasteiger partial charge in [0.25, 0.3) is 0 Å². The molecule has 104 valence electrons. The van der Waals surface area contributed by atoms with Gasteiger partial charge in [-0.05, 0) is 19.5 Å². The number of carbonyl (C=O) groups is 2. The molecule has 0 aromatic carbocycles. The summed E-state index contributed by atoms with van der Waals surface area (Å²) in [6, 6.07) is -0.470. The molecule has 6 nitrogen and oxygen atoms in total. The van der Waals surface area contributed by atoms with Crippen molar-refractivity contribution in [1.82, 2.24) is 20.9 Å². The summed E-state index contributed by atoms with van der Waals surface area (Å²) >= 11 is 0. The number of hydrogen-bond acceptors (Lipinski definition) is 4. The van der Waals surface area contributed by atoms with E-state index in [-0.39, 0.29) is 24.9 Å². The highest BCUT2D eigenvalue weighted by Crippen LogP contribution is 1.94. The SMILES string of the molecule is C=CCNC(=O)NC(=O)CN1CCCNCC1.Cl. The Morgan fingerprint density at radius 3 is 2.83 bits per heavy atom. The van der Waals surface area contributed by atoms with Crippen molar-refractivity contribution in [2.75, 3.05) is 39.3 Å². The molecule has 0 unspecified atom stereocenters. The molecular weight excluding hydrogens is 256 g/mol. The summed E-state index contributed by atoms with van der Waals surface area (Å²) < 4.78 is 0. The molecule has 0 aliphatic carbocycles. The topological polar surface area (TPSA) is 73.5 Å². The molecule has 1 aliphatic heterocycles. The molecule has 1 aliphatic rings. The standard InChI is InChI=1S/C11H20N4O2.ClH/c1-2-4-13-11(17)14-10(16)9-15-7-3-5-12-6-8-15;/h2,12H,1,3-9H2,(H2,13,14,16,17);1H. The van der Waals surface area contributed by atoms with Crippen LogP contribution in [-0.4, -0.2) is 56.1 Å². The van der Waals surface area contributed by atoms with Crippen LogP contribution in [0.5, 0.6) is 0 Å². The van der Waals surface area contributed by atoms with E-state index in [4.69, 9.17) is 0 Å². The normalized spacial score (nSPS) is 16.0. The van der Waals surface area contributed by atoms with Crippen LogP contribution in [0, 0.1) is 0 Å². The smallest absolute Gasteiger partial charge is 0.321 e. The largest absolute Gasteiger partial charge is 0.334 e. The molecule has 0 saturated carbocycles. The first-order valence-electron chi connectivity index (χ1n) is 5.84. The molecule has 1 fully saturated rings. The van der Waals surface area contributed by atoms with Crippen LogP contribution in [0.2, 0.25) is 0 Å². The zero-order valence-electron chi connectivity index (χ0n) is 10.4. The number of rotatable bonds is 4. The van der Waals surface area contributed by atoms with Gasteiger partial charge in [0, 0.05) is 19.6 Å². The Morgan fingerprint density at radius 2 is 2.11 bits per heavy atom. The third-order valence-electron chi connectivity index (χ3n) is 2.46. The first-order chi connectivity index (χ1) is 8.22. The van der Waals surface area contributed by atoms with Crippen LogP contribution in [0.25, 0.3) is 0 Å². The number of amides is 3. The maximum Gasteiger partial charge on any atom is 0.321 e. The first-order valence-corrected chi connectivity index (χ1v) is 5.84. The van der Waals surface area contributed by atoms with E-state index in [0.29, 0.717) is 6.54 Å². The lowest BCUT2D eigenvalue weighted by Gasteiger charge is -2.18. The molecule has 0 aromatic heterocycles. The Balaban J connectivity index is 0.00000289. The van der Waals surface area contributed by atoms with Crippen LogP contribution in [0.4, 0.5) is 4.79 Å². The minimum absolute atomic E-state index is 0. The van der Waals surface area contributed by atoms with Gasteiger partial charge < -0.3 is 10.6 Å². The van der Waals surface area contributed by atoms with Gasteiger partial charge in [-0.15, -0.1) is 19.0 Å². The van der Waals surface area contributed by atoms with Crippen molar-refractivity contribution in [3.63, 3.8) is 0 Å². The molecule has 0 aromatic rings. The number of nitrogens with one attached hydrogen (secondary N) is 3. The van der Waals surface area contributed by atoms with E-state index in [2.05, 4.69) is 22.5 Å². The van der Waals surface area contributed by atoms with Crippen molar-refractivity contribution >= 4 is 24.3 Å². The van der Waals surface area contributed by atoms with Crippen molar-refractivity contribution in [2.24, 2.45) is 0 Å². The Kier molecular flexibility index (Phi) is 9.26. The van der Waals surface area contributed by atoms with Gasteiger partial charge in [0.05, 0.1) is 6.54 Å². The Bertz CT molecular complexity index is 278. The van der Waals surface area contributed by atoms with E-state index < -0.39 is 6.03 Å². The van der Waals surface area contributed by atoms with Crippen LogP contribution in [0.1, 0.15) is 6.42 Å². The summed E-state index contributed by atoms with van der Waals surface area (Å²) in [5.41, 5.74) is 0. The van der Waals surface area contributed by atoms with Crippen molar-refractivity contribution in [2.45, 2.75) is 6.42 Å². The van der Waals surface area contributed by atoms with E-state index in [9.17, 15) is 9.59 Å². The van der Waals surface area contributed by atoms with Gasteiger partial charge in [0.1, 0.15) is 0 Å². The number of urea groups is 1. The lowest BCUT2D eigenvalue weighted by molar-refractivity contribution is -0.121. The Labute approximate surface area is 114 Å². The lowest BCUT2D eigenvalue weighted by atomic mass is 10.4. The van der Waals surface area contributed by atoms with Crippen LogP contribution in [-0.2, 0) is 4.79 Å². The second-order valence-electron chi connectivity index (χ2n) is 3.93. The van der Waals surface area contributed by atoms with Gasteiger partial charge >= 0.3 is 6.03 Å². The number of hydrogen-bond donors (Lipinski definition) is 3. The van der Waals surface area contributed by atoms with Gasteiger partial charge in [-0.2, -0.15) is 0 Å². The fourth-order valence-electron chi connectivity index (χ4n) is 1.64. The van der Waals surface area contributed by atoms with E-state index in [1.54, 1.807) is 6.08 Å². The molecule has 7 heteroatoms. The summed E-state index contributed by atoms with van der Waals surface area (Å²) in [7, 11) is 0. The van der Waals surface area contributed by atoms with Gasteiger partial charge in [-0.3, -0.25) is 15.0 Å². The molecule has 0 spiro atoms. The molecule has 0 atom stereocenters. The quantitative estimate of drug-likeness (QED) is 0.618. The minimum atomic E-state index is -0.470. The summed E-state index contributed by atoms with van der Waals surface area (Å²) in [4.78, 5) is 24.8. The van der Waals surface area contributed by atoms with Crippen LogP contribution in [0.3, 0.4) is 0 Å². The average Bonchev–Trinajstić information content (AvgIpc) is 2.54. The molecule has 3 N–H and O–H groups in total. The van der Waals surface area contributed by atoms with Crippen LogP contribution in [0.15, 0.2) is 12.7 Å². The summed E-state index contributed by atoms with van der Waals surface area (Å²) in [5.74, 6) is -0.270. The highest BCUT2D eigenvalue weighted by molar-refractivity contribution is 5.95. The van der Waals surface area contributed by atoms with Gasteiger partial charge in [0.2, 0.25) is 5.91 Å². The fraction of sp³-hybridized carbons (Fsp3) is 0.636. The highest BCUT2D eigenvalue weighted by Gasteiger charge is 2.14. The van der Waals surface area contributed by atoms with Gasteiger partial charge in [-0.25, -0.2) is 4.79 Å². The van der Waals surface area contributed by atoms with E-state index in [1.807, 2.05) is 4.90 Å². The number of carbonyl (C=O) groups excluding carboxylic acids is 2. The predicted molar refractivity (Wildman–Crippen MR) is 72.9 cm³/mol. The summed E-state index contributed by atoms with van der Waals surface area (Å²) in [6.45, 7) is 7.68. The van der Waals surface area contributed by atoms with Crippen molar-refractivity contribution < 1.29 is 9.59 Å². The number of imide groups is 1. The molecule has 1 heterocycles. The molecule has 1 rings (SSSR count). The van der Waals surface area contributed by atoms with Crippen molar-refractivity contribution in [3.05, 3.63) is 12.7 Å². The highest BCUT2D eigenvalue weighted by atomic mass is 35.5. The molecule has 0 bridgehead atoms. The first kappa shape index (κ1) is 16.9. The molecular formula is C11H21ClN4O2. The Hall–Kier alpha value is -1.11. The second kappa shape index (κ2) is 9.87. The van der Waals surface area contributed by atoms with E-state index in [0.717, 1.165) is 32.6 Å². The summed E-state index contributed by atoms with van der Waals surface area (Å²) in [6.07, 6.45) is 2.58.